The second-order valence-corrected chi connectivity index (χ2v) is 4.26. The zero-order valence-electron chi connectivity index (χ0n) is 11.9. The molecule has 0 spiro atoms. The van der Waals surface area contributed by atoms with Crippen molar-refractivity contribution in [2.75, 3.05) is 14.2 Å². The zero-order valence-corrected chi connectivity index (χ0v) is 11.9. The summed E-state index contributed by atoms with van der Waals surface area (Å²) in [5.74, 6) is 1.29. The predicted molar refractivity (Wildman–Crippen MR) is 76.5 cm³/mol. The van der Waals surface area contributed by atoms with E-state index in [1.807, 2.05) is 26.0 Å². The van der Waals surface area contributed by atoms with Crippen molar-refractivity contribution in [2.24, 2.45) is 0 Å². The number of nitrogens with one attached hydrogen (secondary N) is 1. The minimum atomic E-state index is -0.104. The maximum atomic E-state index is 11.6. The van der Waals surface area contributed by atoms with Gasteiger partial charge in [0.25, 0.3) is 0 Å². The molecule has 0 radical (unpaired) electrons. The molecule has 1 rings (SSSR count). The third kappa shape index (κ3) is 4.66. The molecule has 0 saturated carbocycles. The Kier molecular flexibility index (Phi) is 5.93. The van der Waals surface area contributed by atoms with Crippen molar-refractivity contribution >= 4 is 12.0 Å². The van der Waals surface area contributed by atoms with E-state index in [1.54, 1.807) is 26.4 Å². The highest BCUT2D eigenvalue weighted by Crippen LogP contribution is 2.25. The van der Waals surface area contributed by atoms with Crippen LogP contribution < -0.4 is 14.8 Å². The number of hydrogen-bond donors (Lipinski definition) is 1. The van der Waals surface area contributed by atoms with E-state index < -0.39 is 0 Å². The molecular formula is C15H21NO3. The minimum absolute atomic E-state index is 0.104. The van der Waals surface area contributed by atoms with E-state index in [-0.39, 0.29) is 11.9 Å². The predicted octanol–water partition coefficient (Wildman–Crippen LogP) is 2.63. The van der Waals surface area contributed by atoms with Gasteiger partial charge in [-0.1, -0.05) is 6.92 Å². The lowest BCUT2D eigenvalue weighted by Crippen LogP contribution is -2.30. The second-order valence-electron chi connectivity index (χ2n) is 4.26. The first-order chi connectivity index (χ1) is 9.10. The Morgan fingerprint density at radius 1 is 1.37 bits per heavy atom. The van der Waals surface area contributed by atoms with Gasteiger partial charge in [0.15, 0.2) is 0 Å². The first-order valence-corrected chi connectivity index (χ1v) is 6.31. The van der Waals surface area contributed by atoms with Gasteiger partial charge in [0.2, 0.25) is 5.91 Å². The fourth-order valence-electron chi connectivity index (χ4n) is 1.51. The number of carbonyl (C=O) groups is 1. The number of benzene rings is 1. The number of hydrogen-bond acceptors (Lipinski definition) is 3. The molecule has 1 aromatic rings. The molecule has 0 saturated heterocycles. The molecule has 0 aromatic heterocycles. The summed E-state index contributed by atoms with van der Waals surface area (Å²) in [6, 6.07) is 5.64. The summed E-state index contributed by atoms with van der Waals surface area (Å²) in [6.45, 7) is 4.00. The van der Waals surface area contributed by atoms with Crippen LogP contribution in [0.25, 0.3) is 6.08 Å². The van der Waals surface area contributed by atoms with Crippen LogP contribution in [0, 0.1) is 0 Å². The van der Waals surface area contributed by atoms with E-state index in [0.717, 1.165) is 17.7 Å². The molecule has 0 aliphatic rings. The molecule has 0 fully saturated rings. The van der Waals surface area contributed by atoms with Crippen LogP contribution in [0.2, 0.25) is 0 Å². The Morgan fingerprint density at radius 2 is 2.11 bits per heavy atom. The summed E-state index contributed by atoms with van der Waals surface area (Å²) in [5.41, 5.74) is 0.836. The van der Waals surface area contributed by atoms with Gasteiger partial charge in [-0.05, 0) is 31.6 Å². The molecule has 0 bridgehead atoms. The van der Waals surface area contributed by atoms with Gasteiger partial charge in [-0.25, -0.2) is 0 Å². The maximum Gasteiger partial charge on any atom is 0.244 e. The molecular weight excluding hydrogens is 242 g/mol. The molecule has 1 atom stereocenters. The van der Waals surface area contributed by atoms with Gasteiger partial charge in [-0.3, -0.25) is 4.79 Å². The van der Waals surface area contributed by atoms with Crippen LogP contribution in [0.15, 0.2) is 24.3 Å². The lowest BCUT2D eigenvalue weighted by Gasteiger charge is -2.09. The Balaban J connectivity index is 2.78. The molecule has 1 aromatic carbocycles. The molecule has 0 heterocycles. The van der Waals surface area contributed by atoms with Gasteiger partial charge < -0.3 is 14.8 Å². The lowest BCUT2D eigenvalue weighted by molar-refractivity contribution is -0.117. The number of ether oxygens (including phenoxy) is 2. The van der Waals surface area contributed by atoms with Gasteiger partial charge in [-0.2, -0.15) is 0 Å². The van der Waals surface area contributed by atoms with Crippen LogP contribution >= 0.6 is 0 Å². The van der Waals surface area contributed by atoms with Crippen molar-refractivity contribution in [3.05, 3.63) is 29.8 Å². The average Bonchev–Trinajstić information content (AvgIpc) is 2.44. The molecule has 4 nitrogen and oxygen atoms in total. The van der Waals surface area contributed by atoms with Crippen LogP contribution in [-0.2, 0) is 4.79 Å². The topological polar surface area (TPSA) is 47.6 Å². The van der Waals surface area contributed by atoms with Crippen molar-refractivity contribution in [1.82, 2.24) is 5.32 Å². The molecule has 0 aliphatic carbocycles. The van der Waals surface area contributed by atoms with Crippen molar-refractivity contribution < 1.29 is 14.3 Å². The SMILES string of the molecule is CCC(C)NC(=O)C=Cc1ccc(OC)cc1OC. The largest absolute Gasteiger partial charge is 0.497 e. The monoisotopic (exact) mass is 263 g/mol. The number of methoxy groups -OCH3 is 2. The van der Waals surface area contributed by atoms with Gasteiger partial charge in [-0.15, -0.1) is 0 Å². The number of carbonyl (C=O) groups excluding carboxylic acids is 1. The van der Waals surface area contributed by atoms with Crippen molar-refractivity contribution in [2.45, 2.75) is 26.3 Å². The summed E-state index contributed by atoms with van der Waals surface area (Å²) in [4.78, 5) is 11.6. The fraction of sp³-hybridized carbons (Fsp3) is 0.400. The third-order valence-corrected chi connectivity index (χ3v) is 2.86. The highest BCUT2D eigenvalue weighted by molar-refractivity contribution is 5.92. The molecule has 4 heteroatoms. The van der Waals surface area contributed by atoms with E-state index in [0.29, 0.717) is 5.75 Å². The Hall–Kier alpha value is -1.97. The molecule has 0 aliphatic heterocycles. The summed E-state index contributed by atoms with van der Waals surface area (Å²) in [5, 5.41) is 2.87. The molecule has 1 unspecified atom stereocenters. The van der Waals surface area contributed by atoms with Crippen LogP contribution in [0.1, 0.15) is 25.8 Å². The highest BCUT2D eigenvalue weighted by atomic mass is 16.5. The van der Waals surface area contributed by atoms with Crippen LogP contribution in [0.5, 0.6) is 11.5 Å². The summed E-state index contributed by atoms with van der Waals surface area (Å²) in [6.07, 6.45) is 4.15. The second kappa shape index (κ2) is 7.46. The Morgan fingerprint density at radius 3 is 2.68 bits per heavy atom. The smallest absolute Gasteiger partial charge is 0.244 e. The van der Waals surface area contributed by atoms with Crippen LogP contribution in [-0.4, -0.2) is 26.2 Å². The summed E-state index contributed by atoms with van der Waals surface area (Å²) in [7, 11) is 3.19. The van der Waals surface area contributed by atoms with Crippen LogP contribution in [0.3, 0.4) is 0 Å². The maximum absolute atomic E-state index is 11.6. The normalized spacial score (nSPS) is 12.2. The average molecular weight is 263 g/mol. The Bertz CT molecular complexity index is 455. The van der Waals surface area contributed by atoms with Crippen molar-refractivity contribution in [3.8, 4) is 11.5 Å². The fourth-order valence-corrected chi connectivity index (χ4v) is 1.51. The highest BCUT2D eigenvalue weighted by Gasteiger charge is 2.04. The first kappa shape index (κ1) is 15.1. The number of amides is 1. The zero-order chi connectivity index (χ0) is 14.3. The lowest BCUT2D eigenvalue weighted by atomic mass is 10.1. The van der Waals surface area contributed by atoms with Gasteiger partial charge in [0.05, 0.1) is 14.2 Å². The van der Waals surface area contributed by atoms with Gasteiger partial charge >= 0.3 is 0 Å². The first-order valence-electron chi connectivity index (χ1n) is 6.31. The van der Waals surface area contributed by atoms with E-state index in [4.69, 9.17) is 9.47 Å². The summed E-state index contributed by atoms with van der Waals surface area (Å²) >= 11 is 0. The van der Waals surface area contributed by atoms with E-state index >= 15 is 0 Å². The standard InChI is InChI=1S/C15H21NO3/c1-5-11(2)16-15(17)9-7-12-6-8-13(18-3)10-14(12)19-4/h6-11H,5H2,1-4H3,(H,16,17). The van der Waals surface area contributed by atoms with E-state index in [9.17, 15) is 4.79 Å². The molecule has 1 amide bonds. The van der Waals surface area contributed by atoms with Gasteiger partial charge in [0, 0.05) is 23.7 Å². The third-order valence-electron chi connectivity index (χ3n) is 2.86. The molecule has 19 heavy (non-hydrogen) atoms. The molecule has 1 N–H and O–H groups in total. The van der Waals surface area contributed by atoms with Crippen LogP contribution in [0.4, 0.5) is 0 Å². The molecule has 104 valence electrons. The minimum Gasteiger partial charge on any atom is -0.497 e. The number of rotatable bonds is 6. The van der Waals surface area contributed by atoms with E-state index in [2.05, 4.69) is 5.32 Å². The van der Waals surface area contributed by atoms with Crippen molar-refractivity contribution in [1.29, 1.82) is 0 Å². The summed E-state index contributed by atoms with van der Waals surface area (Å²) < 4.78 is 10.4. The van der Waals surface area contributed by atoms with Gasteiger partial charge in [0.1, 0.15) is 11.5 Å². The Labute approximate surface area is 114 Å². The van der Waals surface area contributed by atoms with Crippen molar-refractivity contribution in [3.63, 3.8) is 0 Å². The van der Waals surface area contributed by atoms with E-state index in [1.165, 1.54) is 6.08 Å². The quantitative estimate of drug-likeness (QED) is 0.803.